The Morgan fingerprint density at radius 1 is 0.391 bits per heavy atom. The first-order valence-electron chi connectivity index (χ1n) is 15.5. The van der Waals surface area contributed by atoms with Crippen LogP contribution in [-0.2, 0) is 0 Å². The lowest BCUT2D eigenvalue weighted by Crippen LogP contribution is -2.09. The van der Waals surface area contributed by atoms with Gasteiger partial charge in [-0.3, -0.25) is 0 Å². The summed E-state index contributed by atoms with van der Waals surface area (Å²) in [6.07, 6.45) is 0. The first-order chi connectivity index (χ1) is 22.8. The van der Waals surface area contributed by atoms with Crippen molar-refractivity contribution >= 4 is 70.9 Å². The second kappa shape index (κ2) is 11.0. The average molecular weight is 605 g/mol. The van der Waals surface area contributed by atoms with E-state index < -0.39 is 0 Å². The number of nitrogens with zero attached hydrogens (tertiary/aromatic N) is 2. The molecule has 216 valence electrons. The molecule has 1 heterocycles. The molecule has 9 aromatic rings. The molecule has 0 unspecified atom stereocenters. The van der Waals surface area contributed by atoms with Gasteiger partial charge in [-0.1, -0.05) is 121 Å². The fourth-order valence-corrected chi connectivity index (χ4v) is 7.50. The molecule has 0 aliphatic rings. The highest BCUT2D eigenvalue weighted by atomic mass is 32.1. The number of benzene rings is 8. The number of hydrogen-bond donors (Lipinski definition) is 0. The van der Waals surface area contributed by atoms with Crippen LogP contribution >= 0.6 is 11.3 Å². The van der Waals surface area contributed by atoms with Crippen LogP contribution in [0.25, 0.3) is 64.2 Å². The predicted molar refractivity (Wildman–Crippen MR) is 198 cm³/mol. The van der Waals surface area contributed by atoms with Crippen LogP contribution < -0.4 is 4.90 Å². The van der Waals surface area contributed by atoms with Gasteiger partial charge in [-0.2, -0.15) is 0 Å². The number of thiazole rings is 1. The van der Waals surface area contributed by atoms with Crippen LogP contribution in [0.15, 0.2) is 170 Å². The molecule has 0 bridgehead atoms. The van der Waals surface area contributed by atoms with Gasteiger partial charge < -0.3 is 4.90 Å². The SMILES string of the molecule is c1ccc(-c2ccc(N(c3ccc4nc(-c5ccc6ccccc6c5)sc4c3)c3ccc4ccc5ccccc5c4c3)cc2)cc1. The van der Waals surface area contributed by atoms with Gasteiger partial charge in [0.15, 0.2) is 0 Å². The number of hydrogen-bond acceptors (Lipinski definition) is 3. The van der Waals surface area contributed by atoms with Crippen molar-refractivity contribution in [3.05, 3.63) is 170 Å². The molecule has 3 heteroatoms. The van der Waals surface area contributed by atoms with Crippen molar-refractivity contribution in [1.82, 2.24) is 4.98 Å². The molecule has 0 saturated heterocycles. The van der Waals surface area contributed by atoms with Crippen molar-refractivity contribution in [3.63, 3.8) is 0 Å². The van der Waals surface area contributed by atoms with Crippen LogP contribution in [0.2, 0.25) is 0 Å². The summed E-state index contributed by atoms with van der Waals surface area (Å²) in [5.74, 6) is 0. The summed E-state index contributed by atoms with van der Waals surface area (Å²) in [6, 6.07) is 61.1. The molecule has 0 atom stereocenters. The van der Waals surface area contributed by atoms with Gasteiger partial charge in [0.05, 0.1) is 10.2 Å². The maximum absolute atomic E-state index is 5.06. The summed E-state index contributed by atoms with van der Waals surface area (Å²) in [7, 11) is 0. The number of rotatable bonds is 5. The molecule has 0 aliphatic heterocycles. The Bertz CT molecular complexity index is 2530. The molecule has 0 saturated carbocycles. The smallest absolute Gasteiger partial charge is 0.124 e. The Morgan fingerprint density at radius 3 is 1.83 bits per heavy atom. The van der Waals surface area contributed by atoms with Gasteiger partial charge >= 0.3 is 0 Å². The molecule has 0 aliphatic carbocycles. The van der Waals surface area contributed by atoms with Crippen LogP contribution in [0.4, 0.5) is 17.1 Å². The zero-order chi connectivity index (χ0) is 30.5. The fourth-order valence-electron chi connectivity index (χ4n) is 6.51. The maximum Gasteiger partial charge on any atom is 0.124 e. The molecule has 0 amide bonds. The zero-order valence-electron chi connectivity index (χ0n) is 25.0. The van der Waals surface area contributed by atoms with Gasteiger partial charge in [-0.05, 0) is 92.0 Å². The van der Waals surface area contributed by atoms with E-state index in [-0.39, 0.29) is 0 Å². The van der Waals surface area contributed by atoms with E-state index >= 15 is 0 Å². The zero-order valence-corrected chi connectivity index (χ0v) is 25.8. The van der Waals surface area contributed by atoms with Crippen molar-refractivity contribution in [2.45, 2.75) is 0 Å². The second-order valence-corrected chi connectivity index (χ2v) is 12.7. The van der Waals surface area contributed by atoms with Crippen LogP contribution in [-0.4, -0.2) is 4.98 Å². The highest BCUT2D eigenvalue weighted by Crippen LogP contribution is 2.41. The van der Waals surface area contributed by atoms with Crippen LogP contribution in [0.1, 0.15) is 0 Å². The third-order valence-corrected chi connectivity index (χ3v) is 9.91. The Labute approximate surface area is 271 Å². The van der Waals surface area contributed by atoms with E-state index in [0.717, 1.165) is 37.8 Å². The largest absolute Gasteiger partial charge is 0.310 e. The summed E-state index contributed by atoms with van der Waals surface area (Å²) in [6.45, 7) is 0. The predicted octanol–water partition coefficient (Wildman–Crippen LogP) is 12.6. The fraction of sp³-hybridized carbons (Fsp3) is 0. The average Bonchev–Trinajstić information content (AvgIpc) is 3.56. The highest BCUT2D eigenvalue weighted by molar-refractivity contribution is 7.21. The van der Waals surface area contributed by atoms with E-state index in [9.17, 15) is 0 Å². The van der Waals surface area contributed by atoms with E-state index in [1.54, 1.807) is 11.3 Å². The molecule has 0 radical (unpaired) electrons. The van der Waals surface area contributed by atoms with E-state index in [1.165, 1.54) is 43.4 Å². The number of aromatic nitrogens is 1. The van der Waals surface area contributed by atoms with Gasteiger partial charge in [-0.15, -0.1) is 11.3 Å². The molecule has 8 aromatic carbocycles. The van der Waals surface area contributed by atoms with Gasteiger partial charge in [-0.25, -0.2) is 4.98 Å². The molecule has 2 nitrogen and oxygen atoms in total. The van der Waals surface area contributed by atoms with E-state index in [0.29, 0.717) is 0 Å². The monoisotopic (exact) mass is 604 g/mol. The quantitative estimate of drug-likeness (QED) is 0.182. The van der Waals surface area contributed by atoms with Crippen molar-refractivity contribution in [1.29, 1.82) is 0 Å². The van der Waals surface area contributed by atoms with E-state index in [4.69, 9.17) is 4.98 Å². The molecular formula is C43H28N2S. The summed E-state index contributed by atoms with van der Waals surface area (Å²) >= 11 is 1.75. The molecule has 0 N–H and O–H groups in total. The minimum absolute atomic E-state index is 1.01. The van der Waals surface area contributed by atoms with Crippen molar-refractivity contribution in [2.24, 2.45) is 0 Å². The molecular weight excluding hydrogens is 577 g/mol. The lowest BCUT2D eigenvalue weighted by Gasteiger charge is -2.26. The van der Waals surface area contributed by atoms with Crippen molar-refractivity contribution in [2.75, 3.05) is 4.90 Å². The Kier molecular flexibility index (Phi) is 6.36. The lowest BCUT2D eigenvalue weighted by molar-refractivity contribution is 1.29. The Morgan fingerprint density at radius 2 is 0.978 bits per heavy atom. The number of fused-ring (bicyclic) bond motifs is 5. The van der Waals surface area contributed by atoms with Crippen molar-refractivity contribution in [3.8, 4) is 21.7 Å². The van der Waals surface area contributed by atoms with Crippen molar-refractivity contribution < 1.29 is 0 Å². The molecule has 9 rings (SSSR count). The minimum Gasteiger partial charge on any atom is -0.310 e. The Balaban J connectivity index is 1.19. The molecule has 0 fully saturated rings. The summed E-state index contributed by atoms with van der Waals surface area (Å²) < 4.78 is 1.16. The molecule has 46 heavy (non-hydrogen) atoms. The van der Waals surface area contributed by atoms with Crippen LogP contribution in [0.5, 0.6) is 0 Å². The third-order valence-electron chi connectivity index (χ3n) is 8.85. The van der Waals surface area contributed by atoms with Crippen LogP contribution in [0, 0.1) is 0 Å². The summed E-state index contributed by atoms with van der Waals surface area (Å²) in [4.78, 5) is 7.42. The molecule has 1 aromatic heterocycles. The first kappa shape index (κ1) is 26.6. The lowest BCUT2D eigenvalue weighted by atomic mass is 10.0. The normalized spacial score (nSPS) is 11.5. The van der Waals surface area contributed by atoms with Crippen LogP contribution in [0.3, 0.4) is 0 Å². The van der Waals surface area contributed by atoms with Gasteiger partial charge in [0, 0.05) is 22.6 Å². The summed E-state index contributed by atoms with van der Waals surface area (Å²) in [5.41, 5.74) is 7.91. The second-order valence-electron chi connectivity index (χ2n) is 11.7. The Hall–Kier alpha value is -5.77. The van der Waals surface area contributed by atoms with E-state index in [1.807, 2.05) is 0 Å². The highest BCUT2D eigenvalue weighted by Gasteiger charge is 2.16. The topological polar surface area (TPSA) is 16.1 Å². The first-order valence-corrected chi connectivity index (χ1v) is 16.4. The maximum atomic E-state index is 5.06. The number of anilines is 3. The summed E-state index contributed by atoms with van der Waals surface area (Å²) in [5, 5.41) is 8.51. The van der Waals surface area contributed by atoms with Gasteiger partial charge in [0.25, 0.3) is 0 Å². The third kappa shape index (κ3) is 4.70. The van der Waals surface area contributed by atoms with E-state index in [2.05, 4.69) is 175 Å². The minimum atomic E-state index is 1.01. The van der Waals surface area contributed by atoms with Gasteiger partial charge in [0.2, 0.25) is 0 Å². The molecule has 0 spiro atoms. The standard InChI is InChI=1S/C43H28N2S/c1-2-8-29(9-3-1)31-18-21-36(22-19-31)45(37-23-20-33-16-15-32-11-6-7-13-39(32)40(33)27-37)38-24-25-41-42(28-38)46-43(44-41)35-17-14-30-10-4-5-12-34(30)26-35/h1-28H. The van der Waals surface area contributed by atoms with Gasteiger partial charge in [0.1, 0.15) is 5.01 Å².